The van der Waals surface area contributed by atoms with Gasteiger partial charge in [-0.3, -0.25) is 4.79 Å². The fraction of sp³-hybridized carbons (Fsp3) is 0.150. The molecule has 0 aliphatic carbocycles. The maximum Gasteiger partial charge on any atom is 0.255 e. The Morgan fingerprint density at radius 1 is 1.00 bits per heavy atom. The molecule has 1 heterocycles. The molecule has 0 spiro atoms. The minimum atomic E-state index is -0.442. The molecule has 150 valence electrons. The molecule has 0 bridgehead atoms. The lowest BCUT2D eigenvalue weighted by atomic mass is 10.2. The van der Waals surface area contributed by atoms with Crippen LogP contribution in [0.15, 0.2) is 54.9 Å². The molecule has 0 fully saturated rings. The third-order valence-electron chi connectivity index (χ3n) is 3.90. The first kappa shape index (κ1) is 20.2. The Hall–Kier alpha value is -3.52. The van der Waals surface area contributed by atoms with Crippen molar-refractivity contribution in [1.82, 2.24) is 9.97 Å². The monoisotopic (exact) mass is 413 g/mol. The van der Waals surface area contributed by atoms with Gasteiger partial charge in [0.05, 0.1) is 18.2 Å². The van der Waals surface area contributed by atoms with Gasteiger partial charge in [-0.2, -0.15) is 0 Å². The molecular formula is C20H20ClN5O3. The standard InChI is InChI=1S/C20H20ClN5O3/c21-15-11-13(20(27)26-17-18(22)24-12-25-19(17)23)7-8-16(15)29-10-4-9-28-14-5-2-1-3-6-14/h1-3,5-8,11-12H,4,9-10H2,(H,26,27)(H4,22,23,24,25). The van der Waals surface area contributed by atoms with Crippen LogP contribution in [0, 0.1) is 0 Å². The van der Waals surface area contributed by atoms with Crippen LogP contribution in [-0.4, -0.2) is 29.1 Å². The van der Waals surface area contributed by atoms with Gasteiger partial charge >= 0.3 is 0 Å². The number of aromatic nitrogens is 2. The second-order valence-corrected chi connectivity index (χ2v) is 6.39. The average molecular weight is 414 g/mol. The lowest BCUT2D eigenvalue weighted by molar-refractivity contribution is 0.102. The minimum absolute atomic E-state index is 0.0784. The number of amides is 1. The Labute approximate surface area is 172 Å². The number of halogens is 1. The van der Waals surface area contributed by atoms with Gasteiger partial charge < -0.3 is 26.3 Å². The largest absolute Gasteiger partial charge is 0.493 e. The fourth-order valence-corrected chi connectivity index (χ4v) is 2.67. The van der Waals surface area contributed by atoms with Gasteiger partial charge in [0.2, 0.25) is 0 Å². The Morgan fingerprint density at radius 3 is 2.38 bits per heavy atom. The number of hydrogen-bond acceptors (Lipinski definition) is 7. The molecule has 2 aromatic carbocycles. The van der Waals surface area contributed by atoms with E-state index in [9.17, 15) is 4.79 Å². The second-order valence-electron chi connectivity index (χ2n) is 5.98. The highest BCUT2D eigenvalue weighted by molar-refractivity contribution is 6.32. The number of ether oxygens (including phenoxy) is 2. The summed E-state index contributed by atoms with van der Waals surface area (Å²) in [5.74, 6) is 1.00. The predicted octanol–water partition coefficient (Wildman–Crippen LogP) is 3.39. The first-order valence-electron chi connectivity index (χ1n) is 8.82. The van der Waals surface area contributed by atoms with E-state index in [0.29, 0.717) is 36.0 Å². The molecule has 0 unspecified atom stereocenters. The average Bonchev–Trinajstić information content (AvgIpc) is 2.72. The predicted molar refractivity (Wildman–Crippen MR) is 112 cm³/mol. The lowest BCUT2D eigenvalue weighted by Gasteiger charge is -2.11. The van der Waals surface area contributed by atoms with Crippen LogP contribution < -0.4 is 26.3 Å². The quantitative estimate of drug-likeness (QED) is 0.483. The van der Waals surface area contributed by atoms with Crippen molar-refractivity contribution >= 4 is 34.8 Å². The van der Waals surface area contributed by atoms with Gasteiger partial charge in [0.25, 0.3) is 5.91 Å². The van der Waals surface area contributed by atoms with Crippen molar-refractivity contribution < 1.29 is 14.3 Å². The van der Waals surface area contributed by atoms with Gasteiger partial charge in [-0.25, -0.2) is 9.97 Å². The highest BCUT2D eigenvalue weighted by atomic mass is 35.5. The van der Waals surface area contributed by atoms with Crippen LogP contribution in [-0.2, 0) is 0 Å². The van der Waals surface area contributed by atoms with Crippen LogP contribution in [0.2, 0.25) is 5.02 Å². The number of para-hydroxylation sites is 1. The lowest BCUT2D eigenvalue weighted by Crippen LogP contribution is -2.16. The van der Waals surface area contributed by atoms with Gasteiger partial charge in [0, 0.05) is 12.0 Å². The first-order valence-corrected chi connectivity index (χ1v) is 9.20. The summed E-state index contributed by atoms with van der Waals surface area (Å²) in [6.07, 6.45) is 1.90. The summed E-state index contributed by atoms with van der Waals surface area (Å²) < 4.78 is 11.3. The number of nitrogens with one attached hydrogen (secondary N) is 1. The third-order valence-corrected chi connectivity index (χ3v) is 4.19. The number of rotatable bonds is 8. The van der Waals surface area contributed by atoms with Gasteiger partial charge in [0.1, 0.15) is 23.5 Å². The van der Waals surface area contributed by atoms with E-state index in [-0.39, 0.29) is 17.3 Å². The van der Waals surface area contributed by atoms with Crippen molar-refractivity contribution in [3.8, 4) is 11.5 Å². The van der Waals surface area contributed by atoms with Crippen molar-refractivity contribution in [2.45, 2.75) is 6.42 Å². The van der Waals surface area contributed by atoms with E-state index in [1.54, 1.807) is 12.1 Å². The van der Waals surface area contributed by atoms with E-state index in [4.69, 9.17) is 32.5 Å². The summed E-state index contributed by atoms with van der Waals surface area (Å²) in [5.41, 5.74) is 11.9. The van der Waals surface area contributed by atoms with Crippen LogP contribution in [0.1, 0.15) is 16.8 Å². The number of nitrogen functional groups attached to an aromatic ring is 2. The van der Waals surface area contributed by atoms with Gasteiger partial charge in [-0.05, 0) is 30.3 Å². The topological polar surface area (TPSA) is 125 Å². The number of carbonyl (C=O) groups is 1. The Morgan fingerprint density at radius 2 is 1.69 bits per heavy atom. The minimum Gasteiger partial charge on any atom is -0.493 e. The molecular weight excluding hydrogens is 394 g/mol. The molecule has 3 aromatic rings. The zero-order valence-electron chi connectivity index (χ0n) is 15.5. The molecule has 1 aromatic heterocycles. The number of anilines is 3. The summed E-state index contributed by atoms with van der Waals surface area (Å²) >= 11 is 6.24. The molecule has 0 saturated heterocycles. The number of carbonyl (C=O) groups excluding carboxylic acids is 1. The summed E-state index contributed by atoms with van der Waals surface area (Å²) in [6.45, 7) is 0.941. The zero-order valence-corrected chi connectivity index (χ0v) is 16.2. The van der Waals surface area contributed by atoms with Crippen LogP contribution in [0.3, 0.4) is 0 Å². The summed E-state index contributed by atoms with van der Waals surface area (Å²) in [4.78, 5) is 20.0. The number of benzene rings is 2. The summed E-state index contributed by atoms with van der Waals surface area (Å²) in [7, 11) is 0. The van der Waals surface area contributed by atoms with Crippen LogP contribution >= 0.6 is 11.6 Å². The van der Waals surface area contributed by atoms with E-state index < -0.39 is 5.91 Å². The number of nitrogens with two attached hydrogens (primary N) is 2. The molecule has 8 nitrogen and oxygen atoms in total. The highest BCUT2D eigenvalue weighted by Gasteiger charge is 2.14. The van der Waals surface area contributed by atoms with Crippen molar-refractivity contribution in [2.75, 3.05) is 30.0 Å². The summed E-state index contributed by atoms with van der Waals surface area (Å²) in [6, 6.07) is 14.3. The molecule has 5 N–H and O–H groups in total. The van der Waals surface area contributed by atoms with Crippen molar-refractivity contribution in [3.63, 3.8) is 0 Å². The SMILES string of the molecule is Nc1ncnc(N)c1NC(=O)c1ccc(OCCCOc2ccccc2)c(Cl)c1. The van der Waals surface area contributed by atoms with Crippen LogP contribution in [0.4, 0.5) is 17.3 Å². The van der Waals surface area contributed by atoms with E-state index in [2.05, 4.69) is 15.3 Å². The zero-order chi connectivity index (χ0) is 20.6. The molecule has 29 heavy (non-hydrogen) atoms. The third kappa shape index (κ3) is 5.49. The van der Waals surface area contributed by atoms with E-state index >= 15 is 0 Å². The van der Waals surface area contributed by atoms with E-state index in [0.717, 1.165) is 5.75 Å². The van der Waals surface area contributed by atoms with Gasteiger partial charge in [0.15, 0.2) is 11.6 Å². The van der Waals surface area contributed by atoms with E-state index in [1.165, 1.54) is 12.4 Å². The van der Waals surface area contributed by atoms with E-state index in [1.807, 2.05) is 30.3 Å². The first-order chi connectivity index (χ1) is 14.0. The molecule has 0 aliphatic heterocycles. The number of hydrogen-bond donors (Lipinski definition) is 3. The molecule has 9 heteroatoms. The normalized spacial score (nSPS) is 10.4. The molecule has 0 atom stereocenters. The molecule has 1 amide bonds. The molecule has 0 aliphatic rings. The van der Waals surface area contributed by atoms with Crippen molar-refractivity contribution in [3.05, 3.63) is 65.4 Å². The van der Waals surface area contributed by atoms with Crippen LogP contribution in [0.25, 0.3) is 0 Å². The Bertz CT molecular complexity index is 965. The molecule has 0 radical (unpaired) electrons. The Balaban J connectivity index is 1.52. The van der Waals surface area contributed by atoms with Crippen molar-refractivity contribution in [2.24, 2.45) is 0 Å². The number of nitrogens with zero attached hydrogens (tertiary/aromatic N) is 2. The van der Waals surface area contributed by atoms with Gasteiger partial charge in [-0.1, -0.05) is 29.8 Å². The summed E-state index contributed by atoms with van der Waals surface area (Å²) in [5, 5.41) is 2.90. The van der Waals surface area contributed by atoms with Crippen LogP contribution in [0.5, 0.6) is 11.5 Å². The maximum absolute atomic E-state index is 12.4. The Kier molecular flexibility index (Phi) is 6.70. The molecule has 0 saturated carbocycles. The van der Waals surface area contributed by atoms with Gasteiger partial charge in [-0.15, -0.1) is 0 Å². The molecule has 3 rings (SSSR count). The smallest absolute Gasteiger partial charge is 0.255 e. The maximum atomic E-state index is 12.4. The highest BCUT2D eigenvalue weighted by Crippen LogP contribution is 2.27. The van der Waals surface area contributed by atoms with Crippen molar-refractivity contribution in [1.29, 1.82) is 0 Å². The fourth-order valence-electron chi connectivity index (χ4n) is 2.43. The second kappa shape index (κ2) is 9.61.